The number of amides is 1. The molecule has 2 aliphatic heterocycles. The molecular formula is C19H25N5O3S. The van der Waals surface area contributed by atoms with Crippen molar-refractivity contribution in [3.63, 3.8) is 0 Å². The van der Waals surface area contributed by atoms with E-state index in [1.807, 2.05) is 19.9 Å². The van der Waals surface area contributed by atoms with Crippen LogP contribution in [0.25, 0.3) is 0 Å². The molecule has 0 unspecified atom stereocenters. The molecule has 0 bridgehead atoms. The quantitative estimate of drug-likeness (QED) is 0.818. The Bertz CT molecular complexity index is 985. The molecule has 2 aromatic rings. The third-order valence-corrected chi connectivity index (χ3v) is 6.86. The lowest BCUT2D eigenvalue weighted by Gasteiger charge is -2.39. The van der Waals surface area contributed by atoms with Crippen molar-refractivity contribution in [1.82, 2.24) is 19.4 Å². The standard InChI is InChI=1S/C19H25N5O3S/c1-13(2)24-16(9-10-20-24)19(25)23-11-5-6-14(12-23)18-21-15-7-3-4-8-17(15)28(26,27)22-18/h3-4,7-10,13-14,18,21-22H,5-6,11-12H2,1-2H3/t14-,18+/m0/s1. The van der Waals surface area contributed by atoms with E-state index in [2.05, 4.69) is 15.1 Å². The minimum Gasteiger partial charge on any atom is -0.368 e. The van der Waals surface area contributed by atoms with Crippen molar-refractivity contribution in [3.8, 4) is 0 Å². The monoisotopic (exact) mass is 403 g/mol. The SMILES string of the molecule is CC(C)n1nccc1C(=O)N1CCC[C@H]([C@@H]2Nc3ccccc3S(=O)(=O)N2)C1. The maximum atomic E-state index is 13.0. The summed E-state index contributed by atoms with van der Waals surface area (Å²) in [4.78, 5) is 15.1. The number of nitrogens with one attached hydrogen (secondary N) is 2. The van der Waals surface area contributed by atoms with Gasteiger partial charge in [-0.25, -0.2) is 8.42 Å². The van der Waals surface area contributed by atoms with Crippen molar-refractivity contribution in [1.29, 1.82) is 0 Å². The van der Waals surface area contributed by atoms with Gasteiger partial charge in [0, 0.05) is 31.2 Å². The average molecular weight is 404 g/mol. The second-order valence-electron chi connectivity index (χ2n) is 7.65. The summed E-state index contributed by atoms with van der Waals surface area (Å²) in [7, 11) is -3.57. The number of benzene rings is 1. The number of nitrogens with zero attached hydrogens (tertiary/aromatic N) is 3. The smallest absolute Gasteiger partial charge is 0.272 e. The van der Waals surface area contributed by atoms with Gasteiger partial charge < -0.3 is 10.2 Å². The molecule has 2 aliphatic rings. The van der Waals surface area contributed by atoms with Gasteiger partial charge in [0.1, 0.15) is 10.6 Å². The van der Waals surface area contributed by atoms with Crippen LogP contribution >= 0.6 is 0 Å². The molecule has 150 valence electrons. The summed E-state index contributed by atoms with van der Waals surface area (Å²) in [6, 6.07) is 8.71. The number of fused-ring (bicyclic) bond motifs is 1. The Morgan fingerprint density at radius 3 is 2.82 bits per heavy atom. The van der Waals surface area contributed by atoms with Gasteiger partial charge in [-0.2, -0.15) is 9.82 Å². The van der Waals surface area contributed by atoms with Gasteiger partial charge in [-0.3, -0.25) is 9.48 Å². The fourth-order valence-corrected chi connectivity index (χ4v) is 5.37. The Hall–Kier alpha value is -2.39. The van der Waals surface area contributed by atoms with Gasteiger partial charge >= 0.3 is 0 Å². The van der Waals surface area contributed by atoms with Crippen LogP contribution in [0.15, 0.2) is 41.4 Å². The molecule has 0 aliphatic carbocycles. The number of carbonyl (C=O) groups excluding carboxylic acids is 1. The largest absolute Gasteiger partial charge is 0.368 e. The number of rotatable bonds is 3. The van der Waals surface area contributed by atoms with Crippen LogP contribution in [-0.2, 0) is 10.0 Å². The third-order valence-electron chi connectivity index (χ3n) is 5.36. The van der Waals surface area contributed by atoms with E-state index in [-0.39, 0.29) is 22.8 Å². The normalized spacial score (nSPS) is 23.9. The number of hydrogen-bond donors (Lipinski definition) is 2. The van der Waals surface area contributed by atoms with Gasteiger partial charge in [-0.1, -0.05) is 12.1 Å². The highest BCUT2D eigenvalue weighted by Crippen LogP contribution is 2.30. The molecule has 3 heterocycles. The van der Waals surface area contributed by atoms with Crippen molar-refractivity contribution in [2.45, 2.75) is 43.8 Å². The molecule has 9 heteroatoms. The maximum absolute atomic E-state index is 13.0. The van der Waals surface area contributed by atoms with E-state index in [9.17, 15) is 13.2 Å². The average Bonchev–Trinajstić information content (AvgIpc) is 3.17. The summed E-state index contributed by atoms with van der Waals surface area (Å²) in [6.07, 6.45) is 2.87. The molecule has 2 N–H and O–H groups in total. The molecule has 28 heavy (non-hydrogen) atoms. The second-order valence-corrected chi connectivity index (χ2v) is 9.33. The molecule has 0 saturated carbocycles. The van der Waals surface area contributed by atoms with Crippen molar-refractivity contribution >= 4 is 21.6 Å². The van der Waals surface area contributed by atoms with E-state index in [1.165, 1.54) is 0 Å². The van der Waals surface area contributed by atoms with Crippen molar-refractivity contribution in [2.75, 3.05) is 18.4 Å². The van der Waals surface area contributed by atoms with Crippen LogP contribution in [0.5, 0.6) is 0 Å². The minimum atomic E-state index is -3.57. The first-order valence-electron chi connectivity index (χ1n) is 9.57. The lowest BCUT2D eigenvalue weighted by Crippen LogP contribution is -2.54. The lowest BCUT2D eigenvalue weighted by atomic mass is 9.94. The zero-order chi connectivity index (χ0) is 19.9. The third kappa shape index (κ3) is 3.40. The van der Waals surface area contributed by atoms with Crippen LogP contribution in [0.1, 0.15) is 43.2 Å². The Morgan fingerprint density at radius 2 is 2.04 bits per heavy atom. The number of aromatic nitrogens is 2. The zero-order valence-corrected chi connectivity index (χ0v) is 16.8. The fraction of sp³-hybridized carbons (Fsp3) is 0.474. The first kappa shape index (κ1) is 18.9. The van der Waals surface area contributed by atoms with Crippen LogP contribution in [0.2, 0.25) is 0 Å². The highest BCUT2D eigenvalue weighted by Gasteiger charge is 2.37. The number of piperidine rings is 1. The molecular weight excluding hydrogens is 378 g/mol. The van der Waals surface area contributed by atoms with Gasteiger partial charge in [-0.15, -0.1) is 0 Å². The molecule has 1 fully saturated rings. The molecule has 8 nitrogen and oxygen atoms in total. The highest BCUT2D eigenvalue weighted by molar-refractivity contribution is 7.89. The van der Waals surface area contributed by atoms with Crippen LogP contribution in [0.3, 0.4) is 0 Å². The van der Waals surface area contributed by atoms with E-state index in [0.29, 0.717) is 24.5 Å². The molecule has 1 saturated heterocycles. The second kappa shape index (κ2) is 7.21. The number of hydrogen-bond acceptors (Lipinski definition) is 5. The summed E-state index contributed by atoms with van der Waals surface area (Å²) < 4.78 is 29.7. The molecule has 0 radical (unpaired) electrons. The molecule has 0 spiro atoms. The Labute approximate surface area is 165 Å². The number of anilines is 1. The Morgan fingerprint density at radius 1 is 1.25 bits per heavy atom. The molecule has 1 aromatic heterocycles. The zero-order valence-electron chi connectivity index (χ0n) is 16.0. The fourth-order valence-electron chi connectivity index (χ4n) is 3.99. The highest BCUT2D eigenvalue weighted by atomic mass is 32.2. The van der Waals surface area contributed by atoms with E-state index in [1.54, 1.807) is 40.0 Å². The first-order chi connectivity index (χ1) is 13.4. The van der Waals surface area contributed by atoms with Crippen molar-refractivity contribution < 1.29 is 13.2 Å². The van der Waals surface area contributed by atoms with Gasteiger partial charge in [0.05, 0.1) is 11.9 Å². The van der Waals surface area contributed by atoms with Crippen LogP contribution < -0.4 is 10.0 Å². The Balaban J connectivity index is 1.53. The topological polar surface area (TPSA) is 96.3 Å². The maximum Gasteiger partial charge on any atom is 0.272 e. The van der Waals surface area contributed by atoms with Crippen molar-refractivity contribution in [3.05, 3.63) is 42.2 Å². The summed E-state index contributed by atoms with van der Waals surface area (Å²) >= 11 is 0. The number of carbonyl (C=O) groups is 1. The minimum absolute atomic E-state index is 0.0174. The van der Waals surface area contributed by atoms with Gasteiger partial charge in [0.15, 0.2) is 0 Å². The van der Waals surface area contributed by atoms with Gasteiger partial charge in [-0.05, 0) is 44.9 Å². The van der Waals surface area contributed by atoms with E-state index in [4.69, 9.17) is 0 Å². The number of para-hydroxylation sites is 1. The molecule has 1 amide bonds. The summed E-state index contributed by atoms with van der Waals surface area (Å²) in [6.45, 7) is 5.13. The first-order valence-corrected chi connectivity index (χ1v) is 11.1. The summed E-state index contributed by atoms with van der Waals surface area (Å²) in [5.41, 5.74) is 1.17. The van der Waals surface area contributed by atoms with E-state index < -0.39 is 16.2 Å². The van der Waals surface area contributed by atoms with Crippen LogP contribution in [-0.4, -0.2) is 48.3 Å². The van der Waals surface area contributed by atoms with E-state index >= 15 is 0 Å². The molecule has 4 rings (SSSR count). The summed E-state index contributed by atoms with van der Waals surface area (Å²) in [5.74, 6) is -0.0776. The Kier molecular flexibility index (Phi) is 4.88. The predicted octanol–water partition coefficient (Wildman–Crippen LogP) is 2.05. The van der Waals surface area contributed by atoms with Crippen molar-refractivity contribution in [2.24, 2.45) is 5.92 Å². The van der Waals surface area contributed by atoms with Crippen LogP contribution in [0.4, 0.5) is 5.69 Å². The number of likely N-dealkylation sites (tertiary alicyclic amines) is 1. The van der Waals surface area contributed by atoms with Gasteiger partial charge in [0.2, 0.25) is 10.0 Å². The molecule has 2 atom stereocenters. The van der Waals surface area contributed by atoms with Crippen LogP contribution in [0, 0.1) is 5.92 Å². The predicted molar refractivity (Wildman–Crippen MR) is 105 cm³/mol. The molecule has 1 aromatic carbocycles. The summed E-state index contributed by atoms with van der Waals surface area (Å²) in [5, 5.41) is 7.55. The van der Waals surface area contributed by atoms with Gasteiger partial charge in [0.25, 0.3) is 5.91 Å². The number of sulfonamides is 1. The van der Waals surface area contributed by atoms with E-state index in [0.717, 1.165) is 12.8 Å². The lowest BCUT2D eigenvalue weighted by molar-refractivity contribution is 0.0644.